The Morgan fingerprint density at radius 1 is 1.10 bits per heavy atom. The number of hydrogen-bond acceptors (Lipinski definition) is 6. The molecule has 1 saturated heterocycles. The van der Waals surface area contributed by atoms with Crippen molar-refractivity contribution in [1.29, 1.82) is 0 Å². The molecule has 0 aliphatic carbocycles. The number of aromatic nitrogens is 3. The molecule has 7 nitrogen and oxygen atoms in total. The van der Waals surface area contributed by atoms with Gasteiger partial charge in [-0.3, -0.25) is 14.7 Å². The van der Waals surface area contributed by atoms with Crippen molar-refractivity contribution in [3.63, 3.8) is 0 Å². The van der Waals surface area contributed by atoms with Crippen molar-refractivity contribution in [1.82, 2.24) is 19.9 Å². The highest BCUT2D eigenvalue weighted by atomic mass is 16.5. The van der Waals surface area contributed by atoms with Gasteiger partial charge < -0.3 is 14.5 Å². The van der Waals surface area contributed by atoms with Crippen molar-refractivity contribution in [2.24, 2.45) is 0 Å². The molecule has 1 aromatic carbocycles. The van der Waals surface area contributed by atoms with Crippen LogP contribution in [0.5, 0.6) is 11.5 Å². The molecular weight excluding hydrogens is 380 g/mol. The summed E-state index contributed by atoms with van der Waals surface area (Å²) in [5.74, 6) is 2.46. The fourth-order valence-electron chi connectivity index (χ4n) is 3.93. The third kappa shape index (κ3) is 4.68. The first kappa shape index (κ1) is 20.1. The van der Waals surface area contributed by atoms with Crippen LogP contribution in [0.1, 0.15) is 30.0 Å². The van der Waals surface area contributed by atoms with Gasteiger partial charge in [-0.15, -0.1) is 0 Å². The van der Waals surface area contributed by atoms with Crippen molar-refractivity contribution >= 4 is 0 Å². The zero-order valence-corrected chi connectivity index (χ0v) is 17.3. The van der Waals surface area contributed by atoms with Gasteiger partial charge in [-0.25, -0.2) is 4.98 Å². The first-order valence-corrected chi connectivity index (χ1v) is 10.1. The second-order valence-electron chi connectivity index (χ2n) is 7.53. The maximum absolute atomic E-state index is 12.2. The molecule has 7 heteroatoms. The molecule has 1 aliphatic rings. The van der Waals surface area contributed by atoms with Crippen LogP contribution in [0.4, 0.5) is 0 Å². The summed E-state index contributed by atoms with van der Waals surface area (Å²) in [6.07, 6.45) is 5.35. The van der Waals surface area contributed by atoms with E-state index in [4.69, 9.17) is 14.5 Å². The molecule has 0 radical (unpaired) electrons. The lowest BCUT2D eigenvalue weighted by molar-refractivity contribution is 0.203. The smallest absolute Gasteiger partial charge is 0.251 e. The van der Waals surface area contributed by atoms with E-state index in [1.807, 2.05) is 30.3 Å². The molecule has 0 bridgehead atoms. The molecule has 156 valence electrons. The zero-order valence-electron chi connectivity index (χ0n) is 17.3. The van der Waals surface area contributed by atoms with Crippen LogP contribution in [0.25, 0.3) is 11.4 Å². The van der Waals surface area contributed by atoms with Gasteiger partial charge in [0.2, 0.25) is 0 Å². The number of nitrogens with zero attached hydrogens (tertiary/aromatic N) is 3. The molecule has 30 heavy (non-hydrogen) atoms. The second kappa shape index (κ2) is 9.09. The number of H-pyrrole nitrogens is 1. The van der Waals surface area contributed by atoms with Crippen LogP contribution >= 0.6 is 0 Å². The maximum Gasteiger partial charge on any atom is 0.251 e. The highest BCUT2D eigenvalue weighted by Crippen LogP contribution is 2.29. The van der Waals surface area contributed by atoms with Gasteiger partial charge in [0.05, 0.1) is 19.9 Å². The van der Waals surface area contributed by atoms with Crippen molar-refractivity contribution < 1.29 is 9.47 Å². The average molecular weight is 406 g/mol. The van der Waals surface area contributed by atoms with Gasteiger partial charge in [0.25, 0.3) is 5.56 Å². The van der Waals surface area contributed by atoms with Crippen LogP contribution in [0.3, 0.4) is 0 Å². The predicted octanol–water partition coefficient (Wildman–Crippen LogP) is 3.23. The highest BCUT2D eigenvalue weighted by molar-refractivity contribution is 5.52. The number of benzene rings is 1. The number of methoxy groups -OCH3 is 2. The maximum atomic E-state index is 12.2. The number of rotatable bonds is 6. The Morgan fingerprint density at radius 3 is 2.47 bits per heavy atom. The van der Waals surface area contributed by atoms with Gasteiger partial charge in [0.15, 0.2) is 0 Å². The van der Waals surface area contributed by atoms with Gasteiger partial charge in [0.1, 0.15) is 17.3 Å². The van der Waals surface area contributed by atoms with Gasteiger partial charge in [-0.1, -0.05) is 0 Å². The molecule has 0 atom stereocenters. The monoisotopic (exact) mass is 406 g/mol. The molecule has 0 saturated carbocycles. The summed E-state index contributed by atoms with van der Waals surface area (Å²) in [5, 5.41) is 0. The normalized spacial score (nSPS) is 15.1. The molecule has 0 amide bonds. The summed E-state index contributed by atoms with van der Waals surface area (Å²) < 4.78 is 10.8. The minimum atomic E-state index is -0.121. The lowest BCUT2D eigenvalue weighted by Crippen LogP contribution is -2.33. The van der Waals surface area contributed by atoms with E-state index in [1.165, 1.54) is 0 Å². The summed E-state index contributed by atoms with van der Waals surface area (Å²) in [7, 11) is 3.33. The Bertz CT molecular complexity index is 1020. The van der Waals surface area contributed by atoms with Crippen LogP contribution in [-0.2, 0) is 6.54 Å². The summed E-state index contributed by atoms with van der Waals surface area (Å²) in [6, 6.07) is 11.4. The SMILES string of the molecule is COc1cc(CN2CCC(c3cc(=O)[nH]c(-c4cccnc4)n3)CC2)cc(OC)c1. The molecule has 4 rings (SSSR count). The van der Waals surface area contributed by atoms with E-state index in [0.717, 1.165) is 60.8 Å². The Labute approximate surface area is 175 Å². The van der Waals surface area contributed by atoms with Gasteiger partial charge in [-0.05, 0) is 55.8 Å². The van der Waals surface area contributed by atoms with Crippen molar-refractivity contribution in [3.8, 4) is 22.9 Å². The van der Waals surface area contributed by atoms with Gasteiger partial charge >= 0.3 is 0 Å². The Morgan fingerprint density at radius 2 is 1.83 bits per heavy atom. The molecule has 0 unspecified atom stereocenters. The molecule has 1 aliphatic heterocycles. The first-order chi connectivity index (χ1) is 14.6. The van der Waals surface area contributed by atoms with Crippen LogP contribution in [-0.4, -0.2) is 47.2 Å². The lowest BCUT2D eigenvalue weighted by atomic mass is 9.93. The molecular formula is C23H26N4O3. The fourth-order valence-corrected chi connectivity index (χ4v) is 3.93. The number of aromatic amines is 1. The van der Waals surface area contributed by atoms with E-state index in [2.05, 4.69) is 14.9 Å². The standard InChI is InChI=1S/C23H26N4O3/c1-29-19-10-16(11-20(12-19)30-2)15-27-8-5-17(6-9-27)21-13-22(28)26-23(25-21)18-4-3-7-24-14-18/h3-4,7,10-14,17H,5-6,8-9,15H2,1-2H3,(H,25,26,28). The number of ether oxygens (including phenoxy) is 2. The number of hydrogen-bond donors (Lipinski definition) is 1. The Hall–Kier alpha value is -3.19. The number of pyridine rings is 1. The van der Waals surface area contributed by atoms with Crippen LogP contribution < -0.4 is 15.0 Å². The topological polar surface area (TPSA) is 80.3 Å². The Kier molecular flexibility index (Phi) is 6.09. The molecule has 1 fully saturated rings. The first-order valence-electron chi connectivity index (χ1n) is 10.1. The fraction of sp³-hybridized carbons (Fsp3) is 0.348. The predicted molar refractivity (Wildman–Crippen MR) is 115 cm³/mol. The van der Waals surface area contributed by atoms with E-state index in [1.54, 1.807) is 32.7 Å². The number of piperidine rings is 1. The van der Waals surface area contributed by atoms with E-state index in [-0.39, 0.29) is 11.5 Å². The number of likely N-dealkylation sites (tertiary alicyclic amines) is 1. The average Bonchev–Trinajstić information content (AvgIpc) is 2.79. The quantitative estimate of drug-likeness (QED) is 0.677. The van der Waals surface area contributed by atoms with Crippen LogP contribution in [0, 0.1) is 0 Å². The lowest BCUT2D eigenvalue weighted by Gasteiger charge is -2.31. The summed E-state index contributed by atoms with van der Waals surface area (Å²) in [5.41, 5.74) is 2.73. The summed E-state index contributed by atoms with van der Waals surface area (Å²) >= 11 is 0. The summed E-state index contributed by atoms with van der Waals surface area (Å²) in [4.78, 5) is 26.3. The molecule has 3 aromatic rings. The third-order valence-electron chi connectivity index (χ3n) is 5.52. The highest BCUT2D eigenvalue weighted by Gasteiger charge is 2.23. The largest absolute Gasteiger partial charge is 0.497 e. The summed E-state index contributed by atoms with van der Waals surface area (Å²) in [6.45, 7) is 2.73. The zero-order chi connectivity index (χ0) is 20.9. The molecule has 1 N–H and O–H groups in total. The van der Waals surface area contributed by atoms with E-state index in [9.17, 15) is 4.79 Å². The Balaban J connectivity index is 1.44. The van der Waals surface area contributed by atoms with Crippen molar-refractivity contribution in [2.45, 2.75) is 25.3 Å². The molecule has 3 heterocycles. The van der Waals surface area contributed by atoms with Gasteiger partial charge in [0, 0.05) is 42.6 Å². The van der Waals surface area contributed by atoms with E-state index in [0.29, 0.717) is 5.82 Å². The van der Waals surface area contributed by atoms with E-state index < -0.39 is 0 Å². The second-order valence-corrected chi connectivity index (χ2v) is 7.53. The van der Waals surface area contributed by atoms with Crippen molar-refractivity contribution in [3.05, 3.63) is 70.4 Å². The third-order valence-corrected chi connectivity index (χ3v) is 5.52. The minimum absolute atomic E-state index is 0.121. The molecule has 2 aromatic heterocycles. The van der Waals surface area contributed by atoms with Crippen molar-refractivity contribution in [2.75, 3.05) is 27.3 Å². The minimum Gasteiger partial charge on any atom is -0.497 e. The van der Waals surface area contributed by atoms with Crippen LogP contribution in [0.15, 0.2) is 53.6 Å². The molecule has 0 spiro atoms. The van der Waals surface area contributed by atoms with Crippen LogP contribution in [0.2, 0.25) is 0 Å². The van der Waals surface area contributed by atoms with E-state index >= 15 is 0 Å². The number of nitrogens with one attached hydrogen (secondary N) is 1. The van der Waals surface area contributed by atoms with Gasteiger partial charge in [-0.2, -0.15) is 0 Å².